The van der Waals surface area contributed by atoms with Gasteiger partial charge in [-0.2, -0.15) is 0 Å². The smallest absolute Gasteiger partial charge is 0.181 e. The van der Waals surface area contributed by atoms with Crippen LogP contribution >= 0.6 is 0 Å². The van der Waals surface area contributed by atoms with Gasteiger partial charge in [0.15, 0.2) is 11.6 Å². The van der Waals surface area contributed by atoms with Gasteiger partial charge in [0, 0.05) is 33.0 Å². The van der Waals surface area contributed by atoms with Gasteiger partial charge in [0.05, 0.1) is 22.6 Å². The van der Waals surface area contributed by atoms with Crippen LogP contribution in [-0.2, 0) is 16.0 Å². The summed E-state index contributed by atoms with van der Waals surface area (Å²) in [7, 11) is 3.89. The van der Waals surface area contributed by atoms with Crippen LogP contribution in [-0.4, -0.2) is 72.3 Å². The number of ketones is 2. The van der Waals surface area contributed by atoms with Crippen molar-refractivity contribution in [3.05, 3.63) is 34.7 Å². The summed E-state index contributed by atoms with van der Waals surface area (Å²) in [5.74, 6) is 3.25. The van der Waals surface area contributed by atoms with Crippen LogP contribution in [0.1, 0.15) is 67.2 Å². The minimum Gasteiger partial charge on any atom is -0.378 e. The van der Waals surface area contributed by atoms with Crippen molar-refractivity contribution >= 4 is 17.3 Å². The Balaban J connectivity index is 1.55. The van der Waals surface area contributed by atoms with Gasteiger partial charge in [-0.3, -0.25) is 9.59 Å². The molecule has 2 aliphatic heterocycles. The number of carbonyl (C=O) groups is 2. The topological polar surface area (TPSA) is 62.7 Å². The molecule has 6 heteroatoms. The van der Waals surface area contributed by atoms with E-state index >= 15 is 0 Å². The van der Waals surface area contributed by atoms with Gasteiger partial charge in [-0.15, -0.1) is 6.42 Å². The van der Waals surface area contributed by atoms with Crippen molar-refractivity contribution in [2.75, 3.05) is 40.3 Å². The molecule has 3 aliphatic rings. The molecule has 6 nitrogen and oxygen atoms in total. The number of methoxy groups -OCH3 is 1. The van der Waals surface area contributed by atoms with E-state index in [0.29, 0.717) is 35.0 Å². The summed E-state index contributed by atoms with van der Waals surface area (Å²) in [6.07, 6.45) is 11.4. The summed E-state index contributed by atoms with van der Waals surface area (Å²) in [6.45, 7) is 5.77. The van der Waals surface area contributed by atoms with Gasteiger partial charge in [0.1, 0.15) is 5.69 Å². The molecule has 0 saturated carbocycles. The van der Waals surface area contributed by atoms with Crippen molar-refractivity contribution in [3.8, 4) is 12.3 Å². The molecule has 3 heterocycles. The van der Waals surface area contributed by atoms with E-state index in [1.54, 1.807) is 13.2 Å². The Morgan fingerprint density at radius 3 is 2.58 bits per heavy atom. The van der Waals surface area contributed by atoms with Gasteiger partial charge in [0.25, 0.3) is 0 Å². The van der Waals surface area contributed by atoms with Crippen molar-refractivity contribution in [2.24, 2.45) is 5.92 Å². The zero-order valence-electron chi connectivity index (χ0n) is 20.2. The predicted octanol–water partition coefficient (Wildman–Crippen LogP) is 3.36. The molecule has 1 aromatic heterocycles. The van der Waals surface area contributed by atoms with Gasteiger partial charge in [-0.05, 0) is 76.7 Å². The Morgan fingerprint density at radius 2 is 1.94 bits per heavy atom. The number of piperidine rings is 2. The Morgan fingerprint density at radius 1 is 1.24 bits per heavy atom. The minimum atomic E-state index is -0.173. The molecule has 0 aromatic carbocycles. The van der Waals surface area contributed by atoms with Crippen molar-refractivity contribution < 1.29 is 14.3 Å². The zero-order chi connectivity index (χ0) is 23.6. The van der Waals surface area contributed by atoms with E-state index in [-0.39, 0.29) is 23.6 Å². The van der Waals surface area contributed by atoms with Crippen LogP contribution in [0.25, 0.3) is 5.70 Å². The second-order valence-electron chi connectivity index (χ2n) is 10.0. The summed E-state index contributed by atoms with van der Waals surface area (Å²) >= 11 is 0. The molecule has 1 aromatic rings. The third kappa shape index (κ3) is 5.05. The molecule has 176 valence electrons. The van der Waals surface area contributed by atoms with Gasteiger partial charge in [0.2, 0.25) is 0 Å². The first-order chi connectivity index (χ1) is 15.8. The van der Waals surface area contributed by atoms with Gasteiger partial charge in [-0.1, -0.05) is 12.0 Å². The SMILES string of the molecule is C#CC1=C(N2CCC(C)(OC)CC2)c2nc(C(=O)CCC3CCN(C)CC3)ccc2CC1=O. The van der Waals surface area contributed by atoms with E-state index in [1.807, 2.05) is 6.07 Å². The highest BCUT2D eigenvalue weighted by atomic mass is 16.5. The van der Waals surface area contributed by atoms with E-state index in [1.165, 1.54) is 0 Å². The second kappa shape index (κ2) is 9.79. The number of fused-ring (bicyclic) bond motifs is 1. The first kappa shape index (κ1) is 23.7. The predicted molar refractivity (Wildman–Crippen MR) is 129 cm³/mol. The highest BCUT2D eigenvalue weighted by Crippen LogP contribution is 2.35. The third-order valence-electron chi connectivity index (χ3n) is 7.75. The van der Waals surface area contributed by atoms with Gasteiger partial charge in [-0.25, -0.2) is 4.98 Å². The summed E-state index contributed by atoms with van der Waals surface area (Å²) in [5.41, 5.74) is 2.95. The highest BCUT2D eigenvalue weighted by molar-refractivity contribution is 6.10. The maximum absolute atomic E-state index is 13.0. The van der Waals surface area contributed by atoms with Crippen LogP contribution in [0.2, 0.25) is 0 Å². The van der Waals surface area contributed by atoms with Crippen molar-refractivity contribution in [2.45, 2.75) is 57.5 Å². The first-order valence-electron chi connectivity index (χ1n) is 12.1. The number of rotatable bonds is 6. The maximum Gasteiger partial charge on any atom is 0.181 e. The lowest BCUT2D eigenvalue weighted by Gasteiger charge is -2.41. The minimum absolute atomic E-state index is 0.0526. The van der Waals surface area contributed by atoms with Crippen LogP contribution in [0, 0.1) is 18.3 Å². The molecule has 33 heavy (non-hydrogen) atoms. The molecular weight excluding hydrogens is 414 g/mol. The Kier molecular flexibility index (Phi) is 7.02. The number of hydrogen-bond donors (Lipinski definition) is 0. The molecule has 0 spiro atoms. The monoisotopic (exact) mass is 449 g/mol. The quantitative estimate of drug-likeness (QED) is 0.490. The molecule has 1 aliphatic carbocycles. The Hall–Kier alpha value is -2.49. The van der Waals surface area contributed by atoms with E-state index in [9.17, 15) is 9.59 Å². The summed E-state index contributed by atoms with van der Waals surface area (Å²) in [5, 5.41) is 0. The van der Waals surface area contributed by atoms with Gasteiger partial charge < -0.3 is 14.5 Å². The van der Waals surface area contributed by atoms with E-state index in [0.717, 1.165) is 63.8 Å². The largest absolute Gasteiger partial charge is 0.378 e. The molecule has 0 radical (unpaired) electrons. The number of pyridine rings is 1. The summed E-state index contributed by atoms with van der Waals surface area (Å²) < 4.78 is 5.68. The number of carbonyl (C=O) groups excluding carboxylic acids is 2. The third-order valence-corrected chi connectivity index (χ3v) is 7.75. The molecule has 0 unspecified atom stereocenters. The molecule has 0 bridgehead atoms. The fourth-order valence-electron chi connectivity index (χ4n) is 5.18. The fraction of sp³-hybridized carbons (Fsp3) is 0.593. The van der Waals surface area contributed by atoms with Gasteiger partial charge >= 0.3 is 0 Å². The van der Waals surface area contributed by atoms with Crippen LogP contribution in [0.15, 0.2) is 17.7 Å². The van der Waals surface area contributed by atoms with E-state index < -0.39 is 0 Å². The first-order valence-corrected chi connectivity index (χ1v) is 12.1. The molecule has 0 amide bonds. The molecule has 0 N–H and O–H groups in total. The lowest BCUT2D eigenvalue weighted by Crippen LogP contribution is -2.44. The number of aromatic nitrogens is 1. The summed E-state index contributed by atoms with van der Waals surface area (Å²) in [6, 6.07) is 3.67. The van der Waals surface area contributed by atoms with Crippen molar-refractivity contribution in [1.29, 1.82) is 0 Å². The fourth-order valence-corrected chi connectivity index (χ4v) is 5.18. The average molecular weight is 450 g/mol. The van der Waals surface area contributed by atoms with Crippen LogP contribution in [0.5, 0.6) is 0 Å². The van der Waals surface area contributed by atoms with E-state index in [2.05, 4.69) is 29.7 Å². The van der Waals surface area contributed by atoms with Crippen LogP contribution in [0.3, 0.4) is 0 Å². The molecule has 0 atom stereocenters. The molecule has 2 saturated heterocycles. The zero-order valence-corrected chi connectivity index (χ0v) is 20.2. The number of allylic oxidation sites excluding steroid dienone is 1. The number of Topliss-reactive ketones (excluding diaryl/α,β-unsaturated/α-hetero) is 2. The second-order valence-corrected chi connectivity index (χ2v) is 10.0. The summed E-state index contributed by atoms with van der Waals surface area (Å²) in [4.78, 5) is 35.1. The number of likely N-dealkylation sites (tertiary alicyclic amines) is 2. The molecular formula is C27H35N3O3. The lowest BCUT2D eigenvalue weighted by atomic mass is 9.87. The van der Waals surface area contributed by atoms with E-state index in [4.69, 9.17) is 16.1 Å². The Bertz CT molecular complexity index is 990. The average Bonchev–Trinajstić information content (AvgIpc) is 2.83. The lowest BCUT2D eigenvalue weighted by molar-refractivity contribution is -0.114. The van der Waals surface area contributed by atoms with Crippen LogP contribution < -0.4 is 0 Å². The number of ether oxygens (including phenoxy) is 1. The number of nitrogens with zero attached hydrogens (tertiary/aromatic N) is 3. The maximum atomic E-state index is 13.0. The molecule has 2 fully saturated rings. The van der Waals surface area contributed by atoms with Crippen LogP contribution in [0.4, 0.5) is 0 Å². The normalized spacial score (nSPS) is 21.6. The van der Waals surface area contributed by atoms with Crippen molar-refractivity contribution in [3.63, 3.8) is 0 Å². The highest BCUT2D eigenvalue weighted by Gasteiger charge is 2.35. The van der Waals surface area contributed by atoms with Crippen molar-refractivity contribution in [1.82, 2.24) is 14.8 Å². The Labute approximate surface area is 197 Å². The molecule has 4 rings (SSSR count). The standard InChI is InChI=1S/C27H35N3O3/c1-5-21-24(32)18-20-7-8-22(23(31)9-6-19-10-14-29(3)15-11-19)28-25(20)26(21)30-16-12-27(2,33-4)13-17-30/h1,7-8,19H,6,9-18H2,2-4H3. The number of hydrogen-bond acceptors (Lipinski definition) is 6. The number of terminal acetylenes is 1.